The molecular weight excluding hydrogens is 318 g/mol. The van der Waals surface area contributed by atoms with Crippen molar-refractivity contribution in [3.63, 3.8) is 0 Å². The van der Waals surface area contributed by atoms with Crippen molar-refractivity contribution in [3.8, 4) is 17.0 Å². The Morgan fingerprint density at radius 2 is 2.04 bits per heavy atom. The number of H-pyrrole nitrogens is 1. The van der Waals surface area contributed by atoms with Crippen LogP contribution in [0.1, 0.15) is 25.5 Å². The molecule has 3 aromatic rings. The predicted molar refractivity (Wildman–Crippen MR) is 94.6 cm³/mol. The fraction of sp³-hybridized carbons (Fsp3) is 0.368. The van der Waals surface area contributed by atoms with E-state index >= 15 is 0 Å². The molecule has 4 bridgehead atoms. The molecule has 25 heavy (non-hydrogen) atoms. The Balaban J connectivity index is 1.81. The van der Waals surface area contributed by atoms with Gasteiger partial charge >= 0.3 is 0 Å². The second-order valence-corrected chi connectivity index (χ2v) is 6.30. The van der Waals surface area contributed by atoms with E-state index in [0.29, 0.717) is 19.8 Å². The maximum absolute atomic E-state index is 5.97. The summed E-state index contributed by atoms with van der Waals surface area (Å²) in [5.74, 6) is 0.801. The largest absolute Gasteiger partial charge is 0.488 e. The van der Waals surface area contributed by atoms with Crippen LogP contribution in [0.2, 0.25) is 0 Å². The normalized spacial score (nSPS) is 21.5. The van der Waals surface area contributed by atoms with E-state index in [0.717, 1.165) is 33.5 Å². The summed E-state index contributed by atoms with van der Waals surface area (Å²) in [6.45, 7) is 5.59. The van der Waals surface area contributed by atoms with Gasteiger partial charge in [0.15, 0.2) is 0 Å². The van der Waals surface area contributed by atoms with Crippen LogP contribution in [0.3, 0.4) is 0 Å². The molecule has 0 radical (unpaired) electrons. The number of hydrogen-bond donors (Lipinski definition) is 1. The van der Waals surface area contributed by atoms with Crippen LogP contribution < -0.4 is 4.74 Å². The second-order valence-electron chi connectivity index (χ2n) is 6.30. The summed E-state index contributed by atoms with van der Waals surface area (Å²) in [7, 11) is 0. The minimum absolute atomic E-state index is 0.0435. The number of ether oxygens (including phenoxy) is 3. The number of benzene rings is 1. The number of aromatic amines is 1. The number of aromatic nitrogens is 3. The molecule has 2 atom stereocenters. The van der Waals surface area contributed by atoms with Gasteiger partial charge in [-0.25, -0.2) is 0 Å². The summed E-state index contributed by atoms with van der Waals surface area (Å²) in [5.41, 5.74) is 3.80. The van der Waals surface area contributed by atoms with Crippen LogP contribution in [0.5, 0.6) is 5.75 Å². The van der Waals surface area contributed by atoms with Crippen molar-refractivity contribution in [2.45, 2.75) is 26.1 Å². The zero-order chi connectivity index (χ0) is 17.2. The lowest BCUT2D eigenvalue weighted by Crippen LogP contribution is -2.20. The maximum Gasteiger partial charge on any atom is 0.120 e. The number of fused-ring (bicyclic) bond motifs is 4. The van der Waals surface area contributed by atoms with E-state index in [1.165, 1.54) is 0 Å². The van der Waals surface area contributed by atoms with Gasteiger partial charge in [-0.05, 0) is 43.7 Å². The van der Waals surface area contributed by atoms with Gasteiger partial charge in [-0.3, -0.25) is 10.1 Å². The van der Waals surface area contributed by atoms with E-state index < -0.39 is 0 Å². The molecular formula is C19H21N3O3. The Bertz CT molecular complexity index is 877. The van der Waals surface area contributed by atoms with Crippen molar-refractivity contribution < 1.29 is 14.2 Å². The molecule has 130 valence electrons. The SMILES string of the molecule is C[C@@H]1OCCOC[C@H](C)Oc2ccc3[nH]nc(c3c2)-c2cncc1c2. The Labute approximate surface area is 146 Å². The molecule has 1 aromatic carbocycles. The van der Waals surface area contributed by atoms with Gasteiger partial charge in [-0.15, -0.1) is 0 Å². The molecule has 1 N–H and O–H groups in total. The molecule has 4 rings (SSSR count). The molecule has 0 amide bonds. The van der Waals surface area contributed by atoms with Gasteiger partial charge in [0.05, 0.1) is 31.4 Å². The average Bonchev–Trinajstić information content (AvgIpc) is 3.04. The van der Waals surface area contributed by atoms with Crippen LogP contribution in [0.25, 0.3) is 22.2 Å². The van der Waals surface area contributed by atoms with Gasteiger partial charge < -0.3 is 14.2 Å². The first-order valence-electron chi connectivity index (χ1n) is 8.50. The second kappa shape index (κ2) is 6.82. The number of pyridine rings is 1. The molecule has 0 aliphatic carbocycles. The summed E-state index contributed by atoms with van der Waals surface area (Å²) < 4.78 is 17.5. The molecule has 0 spiro atoms. The Morgan fingerprint density at radius 3 is 2.96 bits per heavy atom. The topological polar surface area (TPSA) is 69.3 Å². The molecule has 0 fully saturated rings. The van der Waals surface area contributed by atoms with E-state index in [-0.39, 0.29) is 12.2 Å². The first-order chi connectivity index (χ1) is 12.2. The standard InChI is InChI=1S/C19H21N3O3/c1-12-11-23-5-6-24-13(2)14-7-15(10-20-9-14)19-17-8-16(25-12)3-4-18(17)21-22-19/h3-4,7-10,12-13H,5-6,11H2,1-2H3,(H,21,22)/t12-,13-/m0/s1. The zero-order valence-electron chi connectivity index (χ0n) is 14.4. The number of nitrogens with one attached hydrogen (secondary N) is 1. The lowest BCUT2D eigenvalue weighted by Gasteiger charge is -2.16. The molecule has 6 heteroatoms. The molecule has 6 nitrogen and oxygen atoms in total. The van der Waals surface area contributed by atoms with E-state index in [2.05, 4.69) is 21.2 Å². The summed E-state index contributed by atoms with van der Waals surface area (Å²) in [6.07, 6.45) is 3.55. The van der Waals surface area contributed by atoms with Crippen LogP contribution >= 0.6 is 0 Å². The van der Waals surface area contributed by atoms with Crippen LogP contribution in [-0.4, -0.2) is 41.1 Å². The van der Waals surface area contributed by atoms with Crippen molar-refractivity contribution in [3.05, 3.63) is 42.2 Å². The lowest BCUT2D eigenvalue weighted by atomic mass is 10.1. The molecule has 1 aliphatic rings. The van der Waals surface area contributed by atoms with Crippen molar-refractivity contribution in [1.29, 1.82) is 0 Å². The fourth-order valence-corrected chi connectivity index (χ4v) is 2.99. The third kappa shape index (κ3) is 3.36. The van der Waals surface area contributed by atoms with Crippen molar-refractivity contribution in [1.82, 2.24) is 15.2 Å². The average molecular weight is 339 g/mol. The van der Waals surface area contributed by atoms with Gasteiger partial charge in [0, 0.05) is 23.3 Å². The van der Waals surface area contributed by atoms with Crippen LogP contribution in [0.15, 0.2) is 36.7 Å². The lowest BCUT2D eigenvalue weighted by molar-refractivity contribution is -0.00706. The molecule has 1 aliphatic heterocycles. The van der Waals surface area contributed by atoms with Gasteiger partial charge in [0.25, 0.3) is 0 Å². The van der Waals surface area contributed by atoms with Crippen LogP contribution in [0.4, 0.5) is 0 Å². The first-order valence-corrected chi connectivity index (χ1v) is 8.50. The zero-order valence-corrected chi connectivity index (χ0v) is 14.4. The minimum Gasteiger partial charge on any atom is -0.488 e. The Hall–Kier alpha value is -2.44. The first kappa shape index (κ1) is 16.1. The molecule has 3 heterocycles. The van der Waals surface area contributed by atoms with E-state index in [9.17, 15) is 0 Å². The minimum atomic E-state index is -0.0596. The van der Waals surface area contributed by atoms with E-state index in [4.69, 9.17) is 14.2 Å². The summed E-state index contributed by atoms with van der Waals surface area (Å²) in [4.78, 5) is 4.37. The molecule has 0 saturated carbocycles. The highest BCUT2D eigenvalue weighted by Gasteiger charge is 2.14. The predicted octanol–water partition coefficient (Wildman–Crippen LogP) is 3.50. The number of nitrogens with zero attached hydrogens (tertiary/aromatic N) is 2. The highest BCUT2D eigenvalue weighted by Crippen LogP contribution is 2.31. The van der Waals surface area contributed by atoms with Gasteiger partial charge in [0.1, 0.15) is 17.5 Å². The van der Waals surface area contributed by atoms with Crippen molar-refractivity contribution in [2.75, 3.05) is 19.8 Å². The fourth-order valence-electron chi connectivity index (χ4n) is 2.99. The Kier molecular flexibility index (Phi) is 4.38. The molecule has 2 aromatic heterocycles. The third-order valence-corrected chi connectivity index (χ3v) is 4.32. The summed E-state index contributed by atoms with van der Waals surface area (Å²) >= 11 is 0. The monoisotopic (exact) mass is 339 g/mol. The molecule has 0 unspecified atom stereocenters. The third-order valence-electron chi connectivity index (χ3n) is 4.32. The van der Waals surface area contributed by atoms with Crippen molar-refractivity contribution >= 4 is 10.9 Å². The highest BCUT2D eigenvalue weighted by atomic mass is 16.6. The quantitative estimate of drug-likeness (QED) is 0.679. The highest BCUT2D eigenvalue weighted by molar-refractivity contribution is 5.93. The Morgan fingerprint density at radius 1 is 1.12 bits per heavy atom. The smallest absolute Gasteiger partial charge is 0.120 e. The summed E-state index contributed by atoms with van der Waals surface area (Å²) in [5, 5.41) is 8.56. The van der Waals surface area contributed by atoms with Gasteiger partial charge in [0.2, 0.25) is 0 Å². The number of hydrogen-bond acceptors (Lipinski definition) is 5. The van der Waals surface area contributed by atoms with Crippen LogP contribution in [0, 0.1) is 0 Å². The van der Waals surface area contributed by atoms with Crippen molar-refractivity contribution in [2.24, 2.45) is 0 Å². The van der Waals surface area contributed by atoms with E-state index in [1.54, 1.807) is 0 Å². The molecule has 0 saturated heterocycles. The number of rotatable bonds is 0. The summed E-state index contributed by atoms with van der Waals surface area (Å²) in [6, 6.07) is 8.01. The van der Waals surface area contributed by atoms with Gasteiger partial charge in [-0.2, -0.15) is 5.10 Å². The van der Waals surface area contributed by atoms with E-state index in [1.807, 2.05) is 44.4 Å². The van der Waals surface area contributed by atoms with Crippen LogP contribution in [-0.2, 0) is 9.47 Å². The maximum atomic E-state index is 5.97. The van der Waals surface area contributed by atoms with Gasteiger partial charge in [-0.1, -0.05) is 0 Å².